The van der Waals surface area contributed by atoms with E-state index in [-0.39, 0.29) is 0 Å². The molecule has 0 aromatic carbocycles. The second kappa shape index (κ2) is 5.80. The fourth-order valence-electron chi connectivity index (χ4n) is 1.53. The van der Waals surface area contributed by atoms with Crippen molar-refractivity contribution in [2.75, 3.05) is 6.61 Å². The first kappa shape index (κ1) is 13.7. The van der Waals surface area contributed by atoms with Gasteiger partial charge in [0.15, 0.2) is 12.3 Å². The summed E-state index contributed by atoms with van der Waals surface area (Å²) >= 11 is 0. The molecule has 0 aliphatic carbocycles. The summed E-state index contributed by atoms with van der Waals surface area (Å²) in [6, 6.07) is 0. The van der Waals surface area contributed by atoms with Crippen molar-refractivity contribution >= 4 is 5.97 Å². The Hall–Kier alpha value is -1.38. The SMILES string of the molecule is CC(=O)O[C@H]1C(N=[N+]=[N-])O[C@H](CO)[C@H](O)[C@@H]1O. The first-order valence-corrected chi connectivity index (χ1v) is 4.85. The molecule has 0 aromatic heterocycles. The van der Waals surface area contributed by atoms with Crippen LogP contribution in [0, 0.1) is 0 Å². The third kappa shape index (κ3) is 3.05. The Labute approximate surface area is 96.2 Å². The van der Waals surface area contributed by atoms with Gasteiger partial charge < -0.3 is 24.8 Å². The normalized spacial score (nSPS) is 37.1. The minimum absolute atomic E-state index is 0.567. The fraction of sp³-hybridized carbons (Fsp3) is 0.875. The summed E-state index contributed by atoms with van der Waals surface area (Å²) < 4.78 is 9.73. The molecule has 96 valence electrons. The van der Waals surface area contributed by atoms with E-state index in [1.54, 1.807) is 0 Å². The Bertz CT molecular complexity index is 331. The number of azide groups is 1. The van der Waals surface area contributed by atoms with E-state index in [1.165, 1.54) is 0 Å². The van der Waals surface area contributed by atoms with Crippen molar-refractivity contribution in [2.45, 2.75) is 37.6 Å². The van der Waals surface area contributed by atoms with Gasteiger partial charge in [-0.1, -0.05) is 5.11 Å². The lowest BCUT2D eigenvalue weighted by Crippen LogP contribution is -2.59. The molecule has 1 aliphatic rings. The van der Waals surface area contributed by atoms with E-state index < -0.39 is 43.2 Å². The maximum absolute atomic E-state index is 10.8. The molecule has 0 radical (unpaired) electrons. The zero-order chi connectivity index (χ0) is 13.0. The van der Waals surface area contributed by atoms with Crippen molar-refractivity contribution in [1.82, 2.24) is 0 Å². The molecule has 1 fully saturated rings. The van der Waals surface area contributed by atoms with Gasteiger partial charge in [-0.05, 0) is 5.53 Å². The number of carbonyl (C=O) groups excluding carboxylic acids is 1. The van der Waals surface area contributed by atoms with Gasteiger partial charge in [-0.15, -0.1) is 0 Å². The summed E-state index contributed by atoms with van der Waals surface area (Å²) in [6.07, 6.45) is -6.64. The number of aliphatic hydroxyl groups excluding tert-OH is 3. The number of aliphatic hydroxyl groups is 3. The molecule has 1 rings (SSSR count). The minimum Gasteiger partial charge on any atom is -0.457 e. The third-order valence-electron chi connectivity index (χ3n) is 2.31. The molecule has 1 unspecified atom stereocenters. The van der Waals surface area contributed by atoms with Crippen molar-refractivity contribution in [3.05, 3.63) is 10.4 Å². The molecule has 5 atom stereocenters. The highest BCUT2D eigenvalue weighted by atomic mass is 16.6. The third-order valence-corrected chi connectivity index (χ3v) is 2.31. The van der Waals surface area contributed by atoms with Crippen LogP contribution in [0.3, 0.4) is 0 Å². The largest absolute Gasteiger partial charge is 0.457 e. The molecular weight excluding hydrogens is 234 g/mol. The van der Waals surface area contributed by atoms with E-state index in [2.05, 4.69) is 10.0 Å². The number of nitrogens with zero attached hydrogens (tertiary/aromatic N) is 3. The maximum atomic E-state index is 10.8. The van der Waals surface area contributed by atoms with Crippen molar-refractivity contribution in [1.29, 1.82) is 0 Å². The van der Waals surface area contributed by atoms with Gasteiger partial charge in [0, 0.05) is 11.8 Å². The predicted molar refractivity (Wildman–Crippen MR) is 52.5 cm³/mol. The molecular formula is C8H13N3O6. The molecule has 0 saturated carbocycles. The van der Waals surface area contributed by atoms with Crippen LogP contribution >= 0.6 is 0 Å². The molecule has 17 heavy (non-hydrogen) atoms. The molecule has 0 aromatic rings. The molecule has 0 amide bonds. The van der Waals surface area contributed by atoms with Gasteiger partial charge in [0.1, 0.15) is 18.3 Å². The zero-order valence-corrected chi connectivity index (χ0v) is 9.00. The van der Waals surface area contributed by atoms with Crippen LogP contribution in [0.2, 0.25) is 0 Å². The van der Waals surface area contributed by atoms with Crippen molar-refractivity contribution in [3.63, 3.8) is 0 Å². The summed E-state index contributed by atoms with van der Waals surface area (Å²) in [7, 11) is 0. The second-order valence-electron chi connectivity index (χ2n) is 3.51. The van der Waals surface area contributed by atoms with Gasteiger partial charge in [0.25, 0.3) is 0 Å². The van der Waals surface area contributed by atoms with E-state index in [0.717, 1.165) is 6.92 Å². The quantitative estimate of drug-likeness (QED) is 0.244. The highest BCUT2D eigenvalue weighted by molar-refractivity contribution is 5.66. The van der Waals surface area contributed by atoms with Gasteiger partial charge in [-0.2, -0.15) is 0 Å². The number of rotatable bonds is 3. The van der Waals surface area contributed by atoms with Crippen LogP contribution in [0.4, 0.5) is 0 Å². The van der Waals surface area contributed by atoms with Gasteiger partial charge in [0.05, 0.1) is 6.61 Å². The molecule has 0 spiro atoms. The number of carbonyl (C=O) groups is 1. The number of hydrogen-bond donors (Lipinski definition) is 3. The lowest BCUT2D eigenvalue weighted by molar-refractivity contribution is -0.236. The summed E-state index contributed by atoms with van der Waals surface area (Å²) in [5.74, 6) is -0.717. The van der Waals surface area contributed by atoms with E-state index in [1.807, 2.05) is 0 Å². The highest BCUT2D eigenvalue weighted by Crippen LogP contribution is 2.24. The Morgan fingerprint density at radius 2 is 2.18 bits per heavy atom. The summed E-state index contributed by atoms with van der Waals surface area (Å²) in [4.78, 5) is 13.3. The Balaban J connectivity index is 2.90. The first-order valence-electron chi connectivity index (χ1n) is 4.85. The molecule has 1 saturated heterocycles. The minimum atomic E-state index is -1.50. The monoisotopic (exact) mass is 247 g/mol. The van der Waals surface area contributed by atoms with Gasteiger partial charge in [-0.3, -0.25) is 4.79 Å². The van der Waals surface area contributed by atoms with E-state index in [4.69, 9.17) is 20.1 Å². The summed E-state index contributed by atoms with van der Waals surface area (Å²) in [5, 5.41) is 31.3. The van der Waals surface area contributed by atoms with Crippen molar-refractivity contribution in [3.8, 4) is 0 Å². The molecule has 1 aliphatic heterocycles. The Kier molecular flexibility index (Phi) is 4.67. The second-order valence-corrected chi connectivity index (χ2v) is 3.51. The van der Waals surface area contributed by atoms with Crippen molar-refractivity contribution < 1.29 is 29.6 Å². The van der Waals surface area contributed by atoms with Crippen LogP contribution in [0.1, 0.15) is 6.92 Å². The summed E-state index contributed by atoms with van der Waals surface area (Å²) in [6.45, 7) is 0.535. The topological polar surface area (TPSA) is 145 Å². The average molecular weight is 247 g/mol. The van der Waals surface area contributed by atoms with E-state index in [0.29, 0.717) is 0 Å². The predicted octanol–water partition coefficient (Wildman–Crippen LogP) is -1.33. The Morgan fingerprint density at radius 3 is 2.65 bits per heavy atom. The molecule has 9 heteroatoms. The molecule has 1 heterocycles. The first-order chi connectivity index (χ1) is 8.01. The van der Waals surface area contributed by atoms with Crippen molar-refractivity contribution in [2.24, 2.45) is 5.11 Å². The number of ether oxygens (including phenoxy) is 2. The van der Waals surface area contributed by atoms with E-state index >= 15 is 0 Å². The van der Waals surface area contributed by atoms with Gasteiger partial charge in [0.2, 0.25) is 0 Å². The van der Waals surface area contributed by atoms with Gasteiger partial charge >= 0.3 is 5.97 Å². The number of hydrogen-bond acceptors (Lipinski definition) is 7. The fourth-order valence-corrected chi connectivity index (χ4v) is 1.53. The standard InChI is InChI=1S/C8H13N3O6/c1-3(13)16-7-6(15)5(14)4(2-12)17-8(7)10-11-9/h4-8,12,14-15H,2H2,1H3/t4-,5+,6+,7-,8?/m1/s1. The highest BCUT2D eigenvalue weighted by Gasteiger charge is 2.45. The molecule has 0 bridgehead atoms. The number of esters is 1. The van der Waals surface area contributed by atoms with Crippen LogP contribution in [-0.2, 0) is 14.3 Å². The van der Waals surface area contributed by atoms with Crippen LogP contribution in [0.15, 0.2) is 5.11 Å². The zero-order valence-electron chi connectivity index (χ0n) is 9.00. The molecule has 3 N–H and O–H groups in total. The van der Waals surface area contributed by atoms with Gasteiger partial charge in [-0.25, -0.2) is 0 Å². The molecule has 9 nitrogen and oxygen atoms in total. The van der Waals surface area contributed by atoms with E-state index in [9.17, 15) is 15.0 Å². The summed E-state index contributed by atoms with van der Waals surface area (Å²) in [5.41, 5.74) is 8.31. The van der Waals surface area contributed by atoms with Crippen LogP contribution in [-0.4, -0.2) is 58.5 Å². The lowest BCUT2D eigenvalue weighted by atomic mass is 9.98. The lowest BCUT2D eigenvalue weighted by Gasteiger charge is -2.39. The van der Waals surface area contributed by atoms with Crippen LogP contribution < -0.4 is 0 Å². The average Bonchev–Trinajstić information content (AvgIpc) is 2.28. The Morgan fingerprint density at radius 1 is 1.53 bits per heavy atom. The maximum Gasteiger partial charge on any atom is 0.303 e. The smallest absolute Gasteiger partial charge is 0.303 e. The van der Waals surface area contributed by atoms with Crippen LogP contribution in [0.5, 0.6) is 0 Å². The van der Waals surface area contributed by atoms with Crippen LogP contribution in [0.25, 0.3) is 10.4 Å².